The molecule has 0 N–H and O–H groups in total. The minimum atomic E-state index is -0.569. The van der Waals surface area contributed by atoms with Crippen molar-refractivity contribution in [2.45, 2.75) is 4.83 Å². The van der Waals surface area contributed by atoms with Gasteiger partial charge in [0.05, 0.1) is 6.07 Å². The molecule has 2 heterocycles. The summed E-state index contributed by atoms with van der Waals surface area (Å²) in [5, 5.41) is 10.5. The van der Waals surface area contributed by atoms with Crippen molar-refractivity contribution < 1.29 is 9.34 Å². The second kappa shape index (κ2) is 5.09. The zero-order chi connectivity index (χ0) is 12.6. The highest BCUT2D eigenvalue weighted by atomic mass is 79.9. The summed E-state index contributed by atoms with van der Waals surface area (Å²) in [6.45, 7) is 0. The molecule has 0 saturated heterocycles. The second-order valence-electron chi connectivity index (χ2n) is 3.07. The molecule has 17 heavy (non-hydrogen) atoms. The van der Waals surface area contributed by atoms with Crippen molar-refractivity contribution in [1.29, 1.82) is 0 Å². The van der Waals surface area contributed by atoms with Gasteiger partial charge in [-0.3, -0.25) is 10.1 Å². The third kappa shape index (κ3) is 2.73. The lowest BCUT2D eigenvalue weighted by Gasteiger charge is -2.01. The summed E-state index contributed by atoms with van der Waals surface area (Å²) < 4.78 is 6.54. The number of nitro groups is 1. The number of halogens is 3. The van der Waals surface area contributed by atoms with E-state index in [2.05, 4.69) is 31.9 Å². The van der Waals surface area contributed by atoms with Gasteiger partial charge in [-0.1, -0.05) is 27.5 Å². The Hall–Kier alpha value is -0.370. The van der Waals surface area contributed by atoms with Crippen LogP contribution in [0.2, 0.25) is 4.34 Å². The van der Waals surface area contributed by atoms with Crippen LogP contribution in [-0.2, 0) is 0 Å². The van der Waals surface area contributed by atoms with E-state index in [1.807, 2.05) is 6.07 Å². The van der Waals surface area contributed by atoms with Gasteiger partial charge in [-0.2, -0.15) is 0 Å². The molecular weight excluding hydrogens is 397 g/mol. The van der Waals surface area contributed by atoms with Crippen molar-refractivity contribution in [3.8, 4) is 0 Å². The van der Waals surface area contributed by atoms with Crippen molar-refractivity contribution in [3.05, 3.63) is 47.8 Å². The molecule has 0 aliphatic heterocycles. The molecule has 0 fully saturated rings. The number of hydrogen-bond donors (Lipinski definition) is 0. The third-order valence-corrected chi connectivity index (χ3v) is 5.74. The van der Waals surface area contributed by atoms with E-state index in [0.29, 0.717) is 10.1 Å². The van der Waals surface area contributed by atoms with Gasteiger partial charge in [-0.15, -0.1) is 11.3 Å². The van der Waals surface area contributed by atoms with Gasteiger partial charge in [0.25, 0.3) is 0 Å². The number of rotatable bonds is 3. The molecule has 4 nitrogen and oxygen atoms in total. The van der Waals surface area contributed by atoms with Gasteiger partial charge >= 0.3 is 5.88 Å². The predicted molar refractivity (Wildman–Crippen MR) is 73.2 cm³/mol. The van der Waals surface area contributed by atoms with Crippen LogP contribution < -0.4 is 0 Å². The van der Waals surface area contributed by atoms with Crippen molar-refractivity contribution in [2.75, 3.05) is 0 Å². The molecule has 0 amide bonds. The molecule has 0 bridgehead atoms. The Labute approximate surface area is 122 Å². The maximum atomic E-state index is 10.5. The minimum Gasteiger partial charge on any atom is -0.404 e. The van der Waals surface area contributed by atoms with E-state index in [9.17, 15) is 10.1 Å². The summed E-state index contributed by atoms with van der Waals surface area (Å²) >= 11 is 14.0. The van der Waals surface area contributed by atoms with Crippen molar-refractivity contribution in [3.63, 3.8) is 0 Å². The van der Waals surface area contributed by atoms with E-state index < -0.39 is 4.92 Å². The lowest BCUT2D eigenvalue weighted by Crippen LogP contribution is -1.87. The Kier molecular flexibility index (Phi) is 3.92. The summed E-state index contributed by atoms with van der Waals surface area (Å²) in [7, 11) is 0. The summed E-state index contributed by atoms with van der Waals surface area (Å²) in [6.07, 6.45) is 0. The first-order valence-electron chi connectivity index (χ1n) is 4.32. The molecule has 0 radical (unpaired) electrons. The van der Waals surface area contributed by atoms with Crippen molar-refractivity contribution in [1.82, 2.24) is 0 Å². The Morgan fingerprint density at radius 2 is 2.24 bits per heavy atom. The molecule has 90 valence electrons. The fraction of sp³-hybridized carbons (Fsp3) is 0.111. The average molecular weight is 401 g/mol. The quantitative estimate of drug-likeness (QED) is 0.406. The highest BCUT2D eigenvalue weighted by molar-refractivity contribution is 9.10. The standard InChI is InChI=1S/C9H4Br2ClNO3S/c10-4-3-6(17-9(4)12)8(11)5-1-2-7(16-5)13(14)15/h1-3,8H. The van der Waals surface area contributed by atoms with E-state index in [4.69, 9.17) is 16.0 Å². The Morgan fingerprint density at radius 1 is 1.53 bits per heavy atom. The van der Waals surface area contributed by atoms with Gasteiger partial charge in [0.15, 0.2) is 0 Å². The zero-order valence-electron chi connectivity index (χ0n) is 8.02. The molecule has 0 aromatic carbocycles. The molecular formula is C9H4Br2ClNO3S. The number of hydrogen-bond acceptors (Lipinski definition) is 4. The maximum Gasteiger partial charge on any atom is 0.433 e. The van der Waals surface area contributed by atoms with Crippen LogP contribution in [0.15, 0.2) is 27.1 Å². The second-order valence-corrected chi connectivity index (χ2v) is 6.52. The third-order valence-electron chi connectivity index (χ3n) is 1.96. The van der Waals surface area contributed by atoms with Crippen LogP contribution in [0.25, 0.3) is 0 Å². The molecule has 0 aliphatic carbocycles. The molecule has 0 spiro atoms. The molecule has 2 rings (SSSR count). The van der Waals surface area contributed by atoms with Crippen LogP contribution in [0.4, 0.5) is 5.88 Å². The molecule has 1 unspecified atom stereocenters. The van der Waals surface area contributed by atoms with Gasteiger partial charge in [0, 0.05) is 9.35 Å². The van der Waals surface area contributed by atoms with Gasteiger partial charge < -0.3 is 4.42 Å². The van der Waals surface area contributed by atoms with Crippen LogP contribution in [0.5, 0.6) is 0 Å². The molecule has 2 aromatic heterocycles. The molecule has 2 aromatic rings. The number of alkyl halides is 1. The van der Waals surface area contributed by atoms with Crippen LogP contribution in [0.1, 0.15) is 15.5 Å². The van der Waals surface area contributed by atoms with E-state index in [1.54, 1.807) is 6.07 Å². The summed E-state index contributed by atoms with van der Waals surface area (Å²) in [6, 6.07) is 4.74. The number of thiophene rings is 1. The topological polar surface area (TPSA) is 56.3 Å². The summed E-state index contributed by atoms with van der Waals surface area (Å²) in [4.78, 5) is 10.6. The first kappa shape index (κ1) is 13.1. The van der Waals surface area contributed by atoms with Gasteiger partial charge in [0.2, 0.25) is 0 Å². The predicted octanol–water partition coefficient (Wildman–Crippen LogP) is 5.15. The zero-order valence-corrected chi connectivity index (χ0v) is 12.8. The first-order chi connectivity index (χ1) is 7.99. The summed E-state index contributed by atoms with van der Waals surface area (Å²) in [5.41, 5.74) is 0. The molecule has 0 saturated carbocycles. The minimum absolute atomic E-state index is 0.245. The largest absolute Gasteiger partial charge is 0.433 e. The van der Waals surface area contributed by atoms with E-state index >= 15 is 0 Å². The highest BCUT2D eigenvalue weighted by Crippen LogP contribution is 2.42. The van der Waals surface area contributed by atoms with Crippen LogP contribution in [0.3, 0.4) is 0 Å². The lowest BCUT2D eigenvalue weighted by molar-refractivity contribution is -0.402. The molecule has 8 heteroatoms. The molecule has 1 atom stereocenters. The first-order valence-corrected chi connectivity index (χ1v) is 7.22. The highest BCUT2D eigenvalue weighted by Gasteiger charge is 2.21. The monoisotopic (exact) mass is 399 g/mol. The Bertz CT molecular complexity index is 549. The fourth-order valence-electron chi connectivity index (χ4n) is 1.20. The number of furan rings is 1. The lowest BCUT2D eigenvalue weighted by atomic mass is 10.3. The summed E-state index contributed by atoms with van der Waals surface area (Å²) in [5.74, 6) is 0.202. The van der Waals surface area contributed by atoms with Crippen LogP contribution >= 0.6 is 54.8 Å². The normalized spacial score (nSPS) is 12.6. The SMILES string of the molecule is O=[N+]([O-])c1ccc(C(Br)c2cc(Br)c(Cl)s2)o1. The van der Waals surface area contributed by atoms with Crippen molar-refractivity contribution >= 4 is 60.7 Å². The number of nitrogens with zero attached hydrogens (tertiary/aromatic N) is 1. The van der Waals surface area contributed by atoms with Crippen LogP contribution in [0, 0.1) is 10.1 Å². The van der Waals surface area contributed by atoms with E-state index in [-0.39, 0.29) is 10.7 Å². The molecule has 0 aliphatic rings. The van der Waals surface area contributed by atoms with E-state index in [0.717, 1.165) is 9.35 Å². The smallest absolute Gasteiger partial charge is 0.404 e. The Morgan fingerprint density at radius 3 is 2.71 bits per heavy atom. The Balaban J connectivity index is 2.30. The maximum absolute atomic E-state index is 10.5. The van der Waals surface area contributed by atoms with Gasteiger partial charge in [-0.25, -0.2) is 0 Å². The fourth-order valence-corrected chi connectivity index (χ4v) is 3.59. The van der Waals surface area contributed by atoms with Crippen molar-refractivity contribution in [2.24, 2.45) is 0 Å². The van der Waals surface area contributed by atoms with E-state index in [1.165, 1.54) is 17.4 Å². The average Bonchev–Trinajstić information content (AvgIpc) is 2.86. The van der Waals surface area contributed by atoms with Crippen LogP contribution in [-0.4, -0.2) is 4.92 Å². The van der Waals surface area contributed by atoms with Gasteiger partial charge in [0.1, 0.15) is 19.8 Å². The van der Waals surface area contributed by atoms with Gasteiger partial charge in [-0.05, 0) is 28.1 Å².